The highest BCUT2D eigenvalue weighted by Gasteiger charge is 2.41. The molecule has 2 aromatic rings. The molecule has 0 saturated carbocycles. The number of aromatic nitrogens is 1. The molecule has 0 radical (unpaired) electrons. The summed E-state index contributed by atoms with van der Waals surface area (Å²) < 4.78 is 5.30. The number of carbonyl (C=O) groups excluding carboxylic acids is 1. The summed E-state index contributed by atoms with van der Waals surface area (Å²) in [5, 5.41) is 9.45. The van der Waals surface area contributed by atoms with Crippen molar-refractivity contribution in [2.24, 2.45) is 5.92 Å². The van der Waals surface area contributed by atoms with Gasteiger partial charge in [0.05, 0.1) is 5.92 Å². The molecule has 6 nitrogen and oxygen atoms in total. The molecule has 1 aliphatic heterocycles. The number of rotatable bonds is 4. The van der Waals surface area contributed by atoms with E-state index in [9.17, 15) is 14.7 Å². The predicted octanol–water partition coefficient (Wildman–Crippen LogP) is 2.52. The van der Waals surface area contributed by atoms with Crippen LogP contribution in [0, 0.1) is 5.92 Å². The molecular weight excluding hydrogens is 308 g/mol. The molecule has 3 rings (SSSR count). The Morgan fingerprint density at radius 2 is 1.96 bits per heavy atom. The second-order valence-corrected chi connectivity index (χ2v) is 5.78. The number of likely N-dealkylation sites (tertiary alicyclic amines) is 1. The third-order valence-electron chi connectivity index (χ3n) is 4.21. The third kappa shape index (κ3) is 3.53. The SMILES string of the molecule is O=C(O)C1CN(C(=O)OCc2ccccc2)CC1c1cccnc1. The van der Waals surface area contributed by atoms with E-state index in [4.69, 9.17) is 4.74 Å². The van der Waals surface area contributed by atoms with Gasteiger partial charge in [-0.05, 0) is 17.2 Å². The number of hydrogen-bond donors (Lipinski definition) is 1. The van der Waals surface area contributed by atoms with Crippen molar-refractivity contribution in [3.05, 3.63) is 66.0 Å². The van der Waals surface area contributed by atoms with E-state index < -0.39 is 18.0 Å². The first-order valence-corrected chi connectivity index (χ1v) is 7.73. The van der Waals surface area contributed by atoms with Crippen LogP contribution in [-0.4, -0.2) is 40.1 Å². The summed E-state index contributed by atoms with van der Waals surface area (Å²) >= 11 is 0. The summed E-state index contributed by atoms with van der Waals surface area (Å²) in [7, 11) is 0. The molecule has 24 heavy (non-hydrogen) atoms. The zero-order valence-corrected chi connectivity index (χ0v) is 13.0. The molecule has 124 valence electrons. The minimum atomic E-state index is -0.915. The molecule has 6 heteroatoms. The first-order chi connectivity index (χ1) is 11.6. The van der Waals surface area contributed by atoms with E-state index in [-0.39, 0.29) is 19.1 Å². The molecular formula is C18H18N2O4. The van der Waals surface area contributed by atoms with Gasteiger partial charge in [0.2, 0.25) is 0 Å². The van der Waals surface area contributed by atoms with Crippen molar-refractivity contribution < 1.29 is 19.4 Å². The number of nitrogens with zero attached hydrogens (tertiary/aromatic N) is 2. The Hall–Kier alpha value is -2.89. The molecule has 1 saturated heterocycles. The summed E-state index contributed by atoms with van der Waals surface area (Å²) in [6.45, 7) is 0.629. The van der Waals surface area contributed by atoms with Gasteiger partial charge < -0.3 is 14.7 Å². The third-order valence-corrected chi connectivity index (χ3v) is 4.21. The fourth-order valence-electron chi connectivity index (χ4n) is 2.95. The van der Waals surface area contributed by atoms with Crippen molar-refractivity contribution in [3.63, 3.8) is 0 Å². The normalized spacial score (nSPS) is 19.9. The van der Waals surface area contributed by atoms with Crippen molar-refractivity contribution in [2.45, 2.75) is 12.5 Å². The zero-order valence-electron chi connectivity index (χ0n) is 13.0. The van der Waals surface area contributed by atoms with Crippen LogP contribution in [-0.2, 0) is 16.1 Å². The monoisotopic (exact) mass is 326 g/mol. The van der Waals surface area contributed by atoms with Gasteiger partial charge in [-0.2, -0.15) is 0 Å². The highest BCUT2D eigenvalue weighted by molar-refractivity contribution is 5.75. The molecule has 2 heterocycles. The number of benzene rings is 1. The predicted molar refractivity (Wildman–Crippen MR) is 86.3 cm³/mol. The largest absolute Gasteiger partial charge is 0.481 e. The van der Waals surface area contributed by atoms with Crippen LogP contribution in [0.5, 0.6) is 0 Å². The molecule has 0 spiro atoms. The lowest BCUT2D eigenvalue weighted by Gasteiger charge is -2.16. The standard InChI is InChI=1S/C18H18N2O4/c21-17(22)16-11-20(10-15(16)14-7-4-8-19-9-14)18(23)24-12-13-5-2-1-3-6-13/h1-9,15-16H,10-12H2,(H,21,22). The molecule has 1 amide bonds. The summed E-state index contributed by atoms with van der Waals surface area (Å²) in [5.41, 5.74) is 1.71. The van der Waals surface area contributed by atoms with Gasteiger partial charge in [-0.3, -0.25) is 9.78 Å². The van der Waals surface area contributed by atoms with Crippen molar-refractivity contribution in [1.82, 2.24) is 9.88 Å². The zero-order chi connectivity index (χ0) is 16.9. The van der Waals surface area contributed by atoms with E-state index in [2.05, 4.69) is 4.98 Å². The smallest absolute Gasteiger partial charge is 0.410 e. The van der Waals surface area contributed by atoms with Gasteiger partial charge in [0.25, 0.3) is 0 Å². The minimum Gasteiger partial charge on any atom is -0.481 e. The van der Waals surface area contributed by atoms with Crippen molar-refractivity contribution in [2.75, 3.05) is 13.1 Å². The second-order valence-electron chi connectivity index (χ2n) is 5.78. The van der Waals surface area contributed by atoms with Crippen molar-refractivity contribution in [1.29, 1.82) is 0 Å². The number of carbonyl (C=O) groups is 2. The van der Waals surface area contributed by atoms with Gasteiger partial charge in [0.15, 0.2) is 0 Å². The minimum absolute atomic E-state index is 0.141. The van der Waals surface area contributed by atoms with Crippen molar-refractivity contribution >= 4 is 12.1 Å². The van der Waals surface area contributed by atoms with Crippen LogP contribution in [0.3, 0.4) is 0 Å². The molecule has 2 atom stereocenters. The van der Waals surface area contributed by atoms with E-state index >= 15 is 0 Å². The second kappa shape index (κ2) is 7.12. The number of pyridine rings is 1. The Morgan fingerprint density at radius 3 is 2.62 bits per heavy atom. The van der Waals surface area contributed by atoms with Crippen molar-refractivity contribution in [3.8, 4) is 0 Å². The van der Waals surface area contributed by atoms with E-state index in [1.807, 2.05) is 36.4 Å². The van der Waals surface area contributed by atoms with Gasteiger partial charge >= 0.3 is 12.1 Å². The van der Waals surface area contributed by atoms with Crippen LogP contribution in [0.15, 0.2) is 54.9 Å². The van der Waals surface area contributed by atoms with Gasteiger partial charge in [-0.15, -0.1) is 0 Å². The highest BCUT2D eigenvalue weighted by atomic mass is 16.6. The van der Waals surface area contributed by atoms with E-state index in [0.29, 0.717) is 6.54 Å². The number of carboxylic acids is 1. The van der Waals surface area contributed by atoms with E-state index in [1.54, 1.807) is 18.5 Å². The summed E-state index contributed by atoms with van der Waals surface area (Å²) in [6, 6.07) is 13.0. The van der Waals surface area contributed by atoms with Crippen LogP contribution in [0.25, 0.3) is 0 Å². The molecule has 1 aromatic carbocycles. The molecule has 0 bridgehead atoms. The highest BCUT2D eigenvalue weighted by Crippen LogP contribution is 2.32. The Morgan fingerprint density at radius 1 is 1.17 bits per heavy atom. The van der Waals surface area contributed by atoms with Crippen LogP contribution < -0.4 is 0 Å². The molecule has 0 aliphatic carbocycles. The number of hydrogen-bond acceptors (Lipinski definition) is 4. The lowest BCUT2D eigenvalue weighted by molar-refractivity contribution is -0.141. The van der Waals surface area contributed by atoms with Gasteiger partial charge in [-0.25, -0.2) is 4.79 Å². The lowest BCUT2D eigenvalue weighted by Crippen LogP contribution is -2.30. The Balaban J connectivity index is 1.66. The molecule has 1 N–H and O–H groups in total. The van der Waals surface area contributed by atoms with Crippen LogP contribution in [0.1, 0.15) is 17.0 Å². The average molecular weight is 326 g/mol. The van der Waals surface area contributed by atoms with Crippen LogP contribution >= 0.6 is 0 Å². The van der Waals surface area contributed by atoms with Gasteiger partial charge in [0.1, 0.15) is 6.61 Å². The summed E-state index contributed by atoms with van der Waals surface area (Å²) in [4.78, 5) is 29.3. The maximum Gasteiger partial charge on any atom is 0.410 e. The maximum absolute atomic E-state index is 12.3. The molecule has 2 unspecified atom stereocenters. The number of carboxylic acid groups (broad SMARTS) is 1. The van der Waals surface area contributed by atoms with E-state index in [1.165, 1.54) is 4.90 Å². The number of ether oxygens (including phenoxy) is 1. The first kappa shape index (κ1) is 16.0. The van der Waals surface area contributed by atoms with Gasteiger partial charge in [-0.1, -0.05) is 36.4 Å². The first-order valence-electron chi connectivity index (χ1n) is 7.73. The molecule has 1 aromatic heterocycles. The fourth-order valence-corrected chi connectivity index (χ4v) is 2.95. The maximum atomic E-state index is 12.3. The summed E-state index contributed by atoms with van der Waals surface area (Å²) in [5.74, 6) is -1.85. The fraction of sp³-hybridized carbons (Fsp3) is 0.278. The van der Waals surface area contributed by atoms with Crippen LogP contribution in [0.2, 0.25) is 0 Å². The number of amides is 1. The molecule has 1 aliphatic rings. The topological polar surface area (TPSA) is 79.7 Å². The Bertz CT molecular complexity index is 705. The van der Waals surface area contributed by atoms with E-state index in [0.717, 1.165) is 11.1 Å². The number of aliphatic carboxylic acids is 1. The lowest BCUT2D eigenvalue weighted by atomic mass is 9.90. The Labute approximate surface area is 139 Å². The average Bonchev–Trinajstić information content (AvgIpc) is 3.07. The molecule has 1 fully saturated rings. The summed E-state index contributed by atoms with van der Waals surface area (Å²) in [6.07, 6.45) is 2.80. The Kier molecular flexibility index (Phi) is 4.74. The van der Waals surface area contributed by atoms with Crippen LogP contribution in [0.4, 0.5) is 4.79 Å². The quantitative estimate of drug-likeness (QED) is 0.934. The van der Waals surface area contributed by atoms with Gasteiger partial charge in [0, 0.05) is 31.4 Å².